The fourth-order valence-corrected chi connectivity index (χ4v) is 4.90. The van der Waals surface area contributed by atoms with E-state index in [1.165, 1.54) is 0 Å². The standard InChI is InChI=1S/C12H30N4S2/c1-11(13(3)4,14(5)6)17-18-12(2,15(7)8)16(9)10/h1-10H3. The van der Waals surface area contributed by atoms with Crippen molar-refractivity contribution in [1.29, 1.82) is 0 Å². The predicted molar refractivity (Wildman–Crippen MR) is 86.7 cm³/mol. The van der Waals surface area contributed by atoms with Crippen LogP contribution in [0.3, 0.4) is 0 Å². The van der Waals surface area contributed by atoms with Crippen molar-refractivity contribution in [2.45, 2.75) is 23.8 Å². The van der Waals surface area contributed by atoms with Gasteiger partial charge in [-0.1, -0.05) is 21.6 Å². The third-order valence-corrected chi connectivity index (χ3v) is 8.00. The Bertz CT molecular complexity index is 212. The quantitative estimate of drug-likeness (QED) is 0.522. The van der Waals surface area contributed by atoms with Gasteiger partial charge in [-0.15, -0.1) is 0 Å². The van der Waals surface area contributed by atoms with Gasteiger partial charge in [-0.25, -0.2) is 0 Å². The highest BCUT2D eigenvalue weighted by atomic mass is 33.1. The Balaban J connectivity index is 4.90. The molecule has 0 spiro atoms. The van der Waals surface area contributed by atoms with Crippen LogP contribution in [-0.2, 0) is 0 Å². The molecule has 18 heavy (non-hydrogen) atoms. The van der Waals surface area contributed by atoms with Gasteiger partial charge in [0.05, 0.1) is 0 Å². The van der Waals surface area contributed by atoms with E-state index in [2.05, 4.69) is 89.8 Å². The van der Waals surface area contributed by atoms with Crippen molar-refractivity contribution in [2.24, 2.45) is 0 Å². The Morgan fingerprint density at radius 1 is 0.500 bits per heavy atom. The molecule has 0 bridgehead atoms. The average Bonchev–Trinajstić information content (AvgIpc) is 2.23. The molecule has 0 aromatic heterocycles. The van der Waals surface area contributed by atoms with E-state index in [9.17, 15) is 0 Å². The van der Waals surface area contributed by atoms with E-state index < -0.39 is 0 Å². The molecule has 0 aromatic carbocycles. The molecule has 0 amide bonds. The summed E-state index contributed by atoms with van der Waals surface area (Å²) in [5.41, 5.74) is 0. The van der Waals surface area contributed by atoms with E-state index in [1.54, 1.807) is 0 Å². The number of nitrogens with zero attached hydrogens (tertiary/aromatic N) is 4. The Labute approximate surface area is 121 Å². The van der Waals surface area contributed by atoms with Gasteiger partial charge < -0.3 is 0 Å². The Hall–Kier alpha value is 0.540. The van der Waals surface area contributed by atoms with Gasteiger partial charge in [-0.2, -0.15) is 0 Å². The van der Waals surface area contributed by atoms with Crippen LogP contribution in [0.2, 0.25) is 0 Å². The van der Waals surface area contributed by atoms with Crippen molar-refractivity contribution in [3.63, 3.8) is 0 Å². The lowest BCUT2D eigenvalue weighted by atomic mass is 10.4. The van der Waals surface area contributed by atoms with E-state index in [-0.39, 0.29) is 9.99 Å². The molecule has 0 saturated carbocycles. The van der Waals surface area contributed by atoms with Crippen LogP contribution in [0.4, 0.5) is 0 Å². The lowest BCUT2D eigenvalue weighted by molar-refractivity contribution is 0.109. The lowest BCUT2D eigenvalue weighted by Crippen LogP contribution is -2.52. The van der Waals surface area contributed by atoms with Crippen molar-refractivity contribution in [3.05, 3.63) is 0 Å². The van der Waals surface area contributed by atoms with E-state index in [0.717, 1.165) is 0 Å². The van der Waals surface area contributed by atoms with E-state index in [4.69, 9.17) is 0 Å². The molecule has 0 heterocycles. The van der Waals surface area contributed by atoms with Crippen LogP contribution in [0.25, 0.3) is 0 Å². The highest BCUT2D eigenvalue weighted by Gasteiger charge is 2.37. The Kier molecular flexibility index (Phi) is 7.02. The summed E-state index contributed by atoms with van der Waals surface area (Å²) in [6.07, 6.45) is 0. The van der Waals surface area contributed by atoms with E-state index >= 15 is 0 Å². The highest BCUT2D eigenvalue weighted by molar-refractivity contribution is 8.77. The van der Waals surface area contributed by atoms with Crippen molar-refractivity contribution in [2.75, 3.05) is 56.4 Å². The topological polar surface area (TPSA) is 13.0 Å². The summed E-state index contributed by atoms with van der Waals surface area (Å²) in [4.78, 5) is 8.93. The van der Waals surface area contributed by atoms with Crippen LogP contribution in [0.1, 0.15) is 13.8 Å². The summed E-state index contributed by atoms with van der Waals surface area (Å²) in [6, 6.07) is 0. The van der Waals surface area contributed by atoms with Gasteiger partial charge in [-0.05, 0) is 70.2 Å². The zero-order valence-corrected chi connectivity index (χ0v) is 15.2. The average molecular weight is 295 g/mol. The fraction of sp³-hybridized carbons (Fsp3) is 1.00. The molecule has 0 aromatic rings. The van der Waals surface area contributed by atoms with Gasteiger partial charge in [0.1, 0.15) is 9.99 Å². The van der Waals surface area contributed by atoms with Gasteiger partial charge in [0.25, 0.3) is 0 Å². The largest absolute Gasteiger partial charge is 0.282 e. The number of hydrogen-bond donors (Lipinski definition) is 0. The number of rotatable bonds is 7. The molecule has 0 N–H and O–H groups in total. The third kappa shape index (κ3) is 4.02. The van der Waals surface area contributed by atoms with Crippen LogP contribution < -0.4 is 0 Å². The van der Waals surface area contributed by atoms with E-state index in [1.807, 2.05) is 21.6 Å². The maximum Gasteiger partial charge on any atom is 0.128 e. The molecule has 0 rings (SSSR count). The fourth-order valence-electron chi connectivity index (χ4n) is 1.26. The molecule has 0 aliphatic rings. The molecular formula is C12H30N4S2. The minimum Gasteiger partial charge on any atom is -0.282 e. The summed E-state index contributed by atoms with van der Waals surface area (Å²) in [6.45, 7) is 4.49. The summed E-state index contributed by atoms with van der Waals surface area (Å²) in [5, 5.41) is 0. The van der Waals surface area contributed by atoms with Gasteiger partial charge in [0.2, 0.25) is 0 Å². The van der Waals surface area contributed by atoms with Crippen LogP contribution in [0.5, 0.6) is 0 Å². The maximum atomic E-state index is 2.25. The van der Waals surface area contributed by atoms with Crippen molar-refractivity contribution < 1.29 is 0 Å². The zero-order valence-electron chi connectivity index (χ0n) is 13.6. The maximum absolute atomic E-state index is 2.25. The molecule has 110 valence electrons. The van der Waals surface area contributed by atoms with Crippen LogP contribution in [-0.4, -0.2) is 86.0 Å². The van der Waals surface area contributed by atoms with Gasteiger partial charge in [0, 0.05) is 0 Å². The summed E-state index contributed by atoms with van der Waals surface area (Å²) < 4.78 is 0. The molecule has 0 unspecified atom stereocenters. The molecule has 6 heteroatoms. The highest BCUT2D eigenvalue weighted by Crippen LogP contribution is 2.46. The molecular weight excluding hydrogens is 264 g/mol. The minimum absolute atomic E-state index is 0.0298. The first kappa shape index (κ1) is 18.5. The van der Waals surface area contributed by atoms with Gasteiger partial charge in [-0.3, -0.25) is 19.6 Å². The molecule has 0 saturated heterocycles. The summed E-state index contributed by atoms with van der Waals surface area (Å²) >= 11 is 0. The van der Waals surface area contributed by atoms with Crippen molar-refractivity contribution >= 4 is 21.6 Å². The smallest absolute Gasteiger partial charge is 0.128 e. The summed E-state index contributed by atoms with van der Waals surface area (Å²) in [7, 11) is 20.7. The molecule has 0 aliphatic carbocycles. The predicted octanol–water partition coefficient (Wildman–Crippen LogP) is 1.96. The molecule has 0 aliphatic heterocycles. The van der Waals surface area contributed by atoms with E-state index in [0.29, 0.717) is 0 Å². The molecule has 0 radical (unpaired) electrons. The summed E-state index contributed by atoms with van der Waals surface area (Å²) in [5.74, 6) is 0. The first-order valence-corrected chi connectivity index (χ1v) is 8.20. The zero-order chi connectivity index (χ0) is 14.7. The van der Waals surface area contributed by atoms with Crippen LogP contribution >= 0.6 is 21.6 Å². The first-order chi connectivity index (χ1) is 7.98. The molecule has 4 nitrogen and oxygen atoms in total. The number of hydrogen-bond acceptors (Lipinski definition) is 6. The normalized spacial score (nSPS) is 14.3. The minimum atomic E-state index is -0.0298. The second-order valence-corrected chi connectivity index (χ2v) is 8.49. The Morgan fingerprint density at radius 3 is 0.778 bits per heavy atom. The monoisotopic (exact) mass is 294 g/mol. The Morgan fingerprint density at radius 2 is 0.667 bits per heavy atom. The third-order valence-electron chi connectivity index (χ3n) is 3.68. The SMILES string of the molecule is CN(C)C(C)(SSC(C)(N(C)C)N(C)C)N(C)C. The van der Waals surface area contributed by atoms with Crippen molar-refractivity contribution in [3.8, 4) is 0 Å². The van der Waals surface area contributed by atoms with Gasteiger partial charge >= 0.3 is 0 Å². The second-order valence-electron chi connectivity index (χ2n) is 5.61. The molecule has 0 atom stereocenters. The van der Waals surface area contributed by atoms with Crippen LogP contribution in [0, 0.1) is 0 Å². The van der Waals surface area contributed by atoms with Crippen LogP contribution in [0.15, 0.2) is 0 Å². The molecule has 0 fully saturated rings. The van der Waals surface area contributed by atoms with Gasteiger partial charge in [0.15, 0.2) is 0 Å². The first-order valence-electron chi connectivity index (χ1n) is 6.05. The lowest BCUT2D eigenvalue weighted by Gasteiger charge is -2.46. The van der Waals surface area contributed by atoms with Crippen molar-refractivity contribution in [1.82, 2.24) is 19.6 Å². The second kappa shape index (κ2) is 6.81.